The predicted octanol–water partition coefficient (Wildman–Crippen LogP) is 2.93. The zero-order valence-electron chi connectivity index (χ0n) is 9.12. The maximum Gasteiger partial charge on any atom is 0.419 e. The molecule has 0 aliphatic heterocycles. The van der Waals surface area contributed by atoms with Crippen molar-refractivity contribution in [2.75, 3.05) is 0 Å². The summed E-state index contributed by atoms with van der Waals surface area (Å²) in [6.45, 7) is 0. The molecule has 0 amide bonds. The number of aromatic nitrogens is 2. The van der Waals surface area contributed by atoms with E-state index < -0.39 is 23.5 Å². The molecule has 8 heteroatoms. The predicted molar refractivity (Wildman–Crippen MR) is 55.9 cm³/mol. The SMILES string of the molecule is O=C(O)c1cn[nH]c1-c1ccc(C(F)(F)F)c(F)c1. The number of benzene rings is 1. The van der Waals surface area contributed by atoms with Gasteiger partial charge in [-0.05, 0) is 12.1 Å². The molecule has 0 fully saturated rings. The Bertz CT molecular complexity index is 634. The minimum atomic E-state index is -4.80. The Morgan fingerprint density at radius 1 is 1.32 bits per heavy atom. The number of hydrogen-bond donors (Lipinski definition) is 2. The van der Waals surface area contributed by atoms with Crippen molar-refractivity contribution in [3.05, 3.63) is 41.3 Å². The normalized spacial score (nSPS) is 11.6. The van der Waals surface area contributed by atoms with Crippen molar-refractivity contribution in [2.24, 2.45) is 0 Å². The number of H-pyrrole nitrogens is 1. The first-order valence-electron chi connectivity index (χ1n) is 4.94. The molecule has 2 N–H and O–H groups in total. The Morgan fingerprint density at radius 3 is 2.53 bits per heavy atom. The van der Waals surface area contributed by atoms with Gasteiger partial charge in [-0.15, -0.1) is 0 Å². The topological polar surface area (TPSA) is 66.0 Å². The van der Waals surface area contributed by atoms with E-state index in [1.54, 1.807) is 0 Å². The molecule has 100 valence electrons. The molecule has 2 rings (SSSR count). The fourth-order valence-corrected chi connectivity index (χ4v) is 1.57. The van der Waals surface area contributed by atoms with Crippen LogP contribution in [-0.2, 0) is 6.18 Å². The number of halogens is 4. The van der Waals surface area contributed by atoms with Crippen LogP contribution in [-0.4, -0.2) is 21.3 Å². The second-order valence-corrected chi connectivity index (χ2v) is 3.66. The van der Waals surface area contributed by atoms with Crippen molar-refractivity contribution < 1.29 is 27.5 Å². The Kier molecular flexibility index (Phi) is 3.01. The molecule has 0 saturated heterocycles. The number of alkyl halides is 3. The number of carbonyl (C=O) groups is 1. The summed E-state index contributed by atoms with van der Waals surface area (Å²) in [5, 5.41) is 14.6. The summed E-state index contributed by atoms with van der Waals surface area (Å²) in [5.74, 6) is -2.79. The number of carboxylic acid groups (broad SMARTS) is 1. The number of nitrogens with one attached hydrogen (secondary N) is 1. The number of nitrogens with zero attached hydrogens (tertiary/aromatic N) is 1. The summed E-state index contributed by atoms with van der Waals surface area (Å²) in [6.07, 6.45) is -3.81. The second kappa shape index (κ2) is 4.38. The molecule has 1 aromatic heterocycles. The quantitative estimate of drug-likeness (QED) is 0.827. The molecule has 4 nitrogen and oxygen atoms in total. The monoisotopic (exact) mass is 274 g/mol. The molecule has 0 radical (unpaired) electrons. The van der Waals surface area contributed by atoms with Gasteiger partial charge < -0.3 is 5.11 Å². The van der Waals surface area contributed by atoms with Crippen molar-refractivity contribution in [1.82, 2.24) is 10.2 Å². The van der Waals surface area contributed by atoms with E-state index in [2.05, 4.69) is 10.2 Å². The summed E-state index contributed by atoms with van der Waals surface area (Å²) < 4.78 is 50.5. The summed E-state index contributed by atoms with van der Waals surface area (Å²) >= 11 is 0. The number of aromatic amines is 1. The van der Waals surface area contributed by atoms with Gasteiger partial charge in [0.05, 0.1) is 17.5 Å². The molecule has 0 atom stereocenters. The summed E-state index contributed by atoms with van der Waals surface area (Å²) in [4.78, 5) is 10.8. The van der Waals surface area contributed by atoms with Crippen molar-refractivity contribution in [3.63, 3.8) is 0 Å². The lowest BCUT2D eigenvalue weighted by Gasteiger charge is -2.09. The van der Waals surface area contributed by atoms with Crippen molar-refractivity contribution in [3.8, 4) is 11.3 Å². The van der Waals surface area contributed by atoms with E-state index in [4.69, 9.17) is 5.11 Å². The molecular formula is C11H6F4N2O2. The molecule has 0 bridgehead atoms. The third kappa shape index (κ3) is 2.42. The van der Waals surface area contributed by atoms with Crippen LogP contribution in [0, 0.1) is 5.82 Å². The highest BCUT2D eigenvalue weighted by Gasteiger charge is 2.34. The first-order chi connectivity index (χ1) is 8.80. The van der Waals surface area contributed by atoms with Crippen LogP contribution >= 0.6 is 0 Å². The molecule has 1 heterocycles. The first-order valence-corrected chi connectivity index (χ1v) is 4.94. The van der Waals surface area contributed by atoms with Gasteiger partial charge in [0.15, 0.2) is 0 Å². The van der Waals surface area contributed by atoms with Crippen molar-refractivity contribution in [1.29, 1.82) is 0 Å². The minimum Gasteiger partial charge on any atom is -0.478 e. The average Bonchev–Trinajstić information content (AvgIpc) is 2.75. The van der Waals surface area contributed by atoms with E-state index in [9.17, 15) is 22.4 Å². The highest BCUT2D eigenvalue weighted by Crippen LogP contribution is 2.33. The van der Waals surface area contributed by atoms with Crippen LogP contribution in [0.1, 0.15) is 15.9 Å². The van der Waals surface area contributed by atoms with Crippen molar-refractivity contribution in [2.45, 2.75) is 6.18 Å². The Hall–Kier alpha value is -2.38. The number of aromatic carboxylic acids is 1. The van der Waals surface area contributed by atoms with Crippen LogP contribution < -0.4 is 0 Å². The Labute approximate surface area is 103 Å². The Morgan fingerprint density at radius 2 is 2.00 bits per heavy atom. The van der Waals surface area contributed by atoms with Gasteiger partial charge in [-0.1, -0.05) is 6.07 Å². The van der Waals surface area contributed by atoms with Gasteiger partial charge in [0, 0.05) is 5.56 Å². The summed E-state index contributed by atoms with van der Waals surface area (Å²) in [6, 6.07) is 2.14. The third-order valence-electron chi connectivity index (χ3n) is 2.43. The lowest BCUT2D eigenvalue weighted by molar-refractivity contribution is -0.139. The maximum atomic E-state index is 13.4. The van der Waals surface area contributed by atoms with Crippen LogP contribution in [0.2, 0.25) is 0 Å². The lowest BCUT2D eigenvalue weighted by atomic mass is 10.1. The Balaban J connectivity index is 2.51. The lowest BCUT2D eigenvalue weighted by Crippen LogP contribution is -2.08. The standard InChI is InChI=1S/C11H6F4N2O2/c12-8-3-5(1-2-7(8)11(13,14)15)9-6(10(18)19)4-16-17-9/h1-4H,(H,16,17)(H,18,19). The average molecular weight is 274 g/mol. The van der Waals surface area contributed by atoms with Crippen LogP contribution in [0.25, 0.3) is 11.3 Å². The van der Waals surface area contributed by atoms with Gasteiger partial charge in [-0.3, -0.25) is 5.10 Å². The number of hydrogen-bond acceptors (Lipinski definition) is 2. The molecule has 0 aliphatic carbocycles. The first kappa shape index (κ1) is 13.1. The molecule has 0 aliphatic rings. The third-order valence-corrected chi connectivity index (χ3v) is 2.43. The van der Waals surface area contributed by atoms with E-state index in [0.717, 1.165) is 12.3 Å². The zero-order valence-corrected chi connectivity index (χ0v) is 9.12. The van der Waals surface area contributed by atoms with Gasteiger partial charge in [-0.25, -0.2) is 9.18 Å². The highest BCUT2D eigenvalue weighted by molar-refractivity contribution is 5.94. The van der Waals surface area contributed by atoms with Gasteiger partial charge in [0.2, 0.25) is 0 Å². The van der Waals surface area contributed by atoms with E-state index in [0.29, 0.717) is 12.1 Å². The number of rotatable bonds is 2. The molecule has 1 aromatic carbocycles. The molecule has 19 heavy (non-hydrogen) atoms. The number of carboxylic acids is 1. The maximum absolute atomic E-state index is 13.4. The van der Waals surface area contributed by atoms with E-state index in [1.807, 2.05) is 0 Å². The zero-order chi connectivity index (χ0) is 14.2. The molecular weight excluding hydrogens is 268 g/mol. The smallest absolute Gasteiger partial charge is 0.419 e. The van der Waals surface area contributed by atoms with Gasteiger partial charge in [-0.2, -0.15) is 18.3 Å². The van der Waals surface area contributed by atoms with Gasteiger partial charge in [0.25, 0.3) is 0 Å². The molecule has 0 saturated carbocycles. The second-order valence-electron chi connectivity index (χ2n) is 3.66. The fraction of sp³-hybridized carbons (Fsp3) is 0.0909. The van der Waals surface area contributed by atoms with Crippen LogP contribution in [0.5, 0.6) is 0 Å². The van der Waals surface area contributed by atoms with Gasteiger partial charge >= 0.3 is 12.1 Å². The minimum absolute atomic E-state index is 0.0274. The highest BCUT2D eigenvalue weighted by atomic mass is 19.4. The summed E-state index contributed by atoms with van der Waals surface area (Å²) in [7, 11) is 0. The van der Waals surface area contributed by atoms with Crippen LogP contribution in [0.15, 0.2) is 24.4 Å². The largest absolute Gasteiger partial charge is 0.478 e. The molecule has 0 unspecified atom stereocenters. The molecule has 0 spiro atoms. The van der Waals surface area contributed by atoms with E-state index in [-0.39, 0.29) is 16.8 Å². The van der Waals surface area contributed by atoms with E-state index >= 15 is 0 Å². The molecule has 2 aromatic rings. The van der Waals surface area contributed by atoms with Crippen LogP contribution in [0.4, 0.5) is 17.6 Å². The van der Waals surface area contributed by atoms with Crippen LogP contribution in [0.3, 0.4) is 0 Å². The van der Waals surface area contributed by atoms with Crippen molar-refractivity contribution >= 4 is 5.97 Å². The van der Waals surface area contributed by atoms with E-state index in [1.165, 1.54) is 0 Å². The summed E-state index contributed by atoms with van der Waals surface area (Å²) in [5.41, 5.74) is -1.74. The van der Waals surface area contributed by atoms with Gasteiger partial charge in [0.1, 0.15) is 11.4 Å². The fourth-order valence-electron chi connectivity index (χ4n) is 1.57.